The fraction of sp³-hybridized carbons (Fsp3) is 0.609. The molecule has 1 saturated heterocycles. The first-order valence-electron chi connectivity index (χ1n) is 10.4. The van der Waals surface area contributed by atoms with Crippen LogP contribution < -0.4 is 0 Å². The van der Waals surface area contributed by atoms with Gasteiger partial charge in [-0.05, 0) is 46.9 Å². The first kappa shape index (κ1) is 19.2. The zero-order chi connectivity index (χ0) is 20.3. The molecule has 1 aromatic carbocycles. The van der Waals surface area contributed by atoms with E-state index in [1.807, 2.05) is 9.58 Å². The van der Waals surface area contributed by atoms with E-state index in [2.05, 4.69) is 76.3 Å². The predicted molar refractivity (Wildman–Crippen MR) is 111 cm³/mol. The molecule has 0 atom stereocenters. The van der Waals surface area contributed by atoms with Crippen LogP contribution in [0.5, 0.6) is 0 Å². The first-order valence-corrected chi connectivity index (χ1v) is 10.4. The normalized spacial score (nSPS) is 18.3. The highest BCUT2D eigenvalue weighted by atomic mass is 16.2. The Morgan fingerprint density at radius 2 is 1.54 bits per heavy atom. The van der Waals surface area contributed by atoms with E-state index < -0.39 is 0 Å². The van der Waals surface area contributed by atoms with Crippen LogP contribution in [0.15, 0.2) is 24.4 Å². The molecule has 0 radical (unpaired) electrons. The van der Waals surface area contributed by atoms with Crippen LogP contribution in [0.3, 0.4) is 0 Å². The molecule has 0 unspecified atom stereocenters. The molecule has 2 fully saturated rings. The molecule has 5 nitrogen and oxygen atoms in total. The number of rotatable bonds is 3. The summed E-state index contributed by atoms with van der Waals surface area (Å²) in [6.07, 6.45) is 4.53. The standard InChI is InChI=1S/C23H32N4O/c1-22(2,3)17-9-16(10-18(11-17)23(4,5)6)21(28)26-12-19(13-26)27-14-20(24-25-27)15-7-8-15/h9-11,14-15,19H,7-8,12-13H2,1-6H3. The smallest absolute Gasteiger partial charge is 0.254 e. The van der Waals surface area contributed by atoms with Gasteiger partial charge in [-0.3, -0.25) is 4.79 Å². The zero-order valence-corrected chi connectivity index (χ0v) is 18.0. The molecule has 28 heavy (non-hydrogen) atoms. The zero-order valence-electron chi connectivity index (χ0n) is 18.0. The minimum atomic E-state index is 0.00765. The van der Waals surface area contributed by atoms with E-state index in [1.54, 1.807) is 0 Å². The third kappa shape index (κ3) is 3.71. The number of benzene rings is 1. The molecule has 150 valence electrons. The molecule has 0 bridgehead atoms. The molecule has 1 amide bonds. The Bertz CT molecular complexity index is 858. The summed E-state index contributed by atoms with van der Waals surface area (Å²) in [5.41, 5.74) is 4.35. The lowest BCUT2D eigenvalue weighted by Crippen LogP contribution is -2.51. The highest BCUT2D eigenvalue weighted by Crippen LogP contribution is 2.39. The van der Waals surface area contributed by atoms with Crippen LogP contribution in [0.4, 0.5) is 0 Å². The van der Waals surface area contributed by atoms with E-state index in [1.165, 1.54) is 24.0 Å². The molecule has 2 heterocycles. The fourth-order valence-electron chi connectivity index (χ4n) is 3.62. The van der Waals surface area contributed by atoms with E-state index in [0.29, 0.717) is 19.0 Å². The number of hydrogen-bond acceptors (Lipinski definition) is 3. The fourth-order valence-corrected chi connectivity index (χ4v) is 3.62. The number of likely N-dealkylation sites (tertiary alicyclic amines) is 1. The molecule has 2 aromatic rings. The van der Waals surface area contributed by atoms with Crippen molar-refractivity contribution in [1.82, 2.24) is 19.9 Å². The minimum absolute atomic E-state index is 0.00765. The third-order valence-electron chi connectivity index (χ3n) is 5.96. The molecule has 5 heteroatoms. The second-order valence-electron chi connectivity index (χ2n) is 10.6. The lowest BCUT2D eigenvalue weighted by Gasteiger charge is -2.39. The lowest BCUT2D eigenvalue weighted by atomic mass is 9.79. The first-order chi connectivity index (χ1) is 13.0. The Hall–Kier alpha value is -2.17. The van der Waals surface area contributed by atoms with Crippen LogP contribution in [0.1, 0.15) is 93.5 Å². The maximum Gasteiger partial charge on any atom is 0.254 e. The van der Waals surface area contributed by atoms with Gasteiger partial charge in [0.05, 0.1) is 11.7 Å². The van der Waals surface area contributed by atoms with Gasteiger partial charge >= 0.3 is 0 Å². The van der Waals surface area contributed by atoms with Crippen molar-refractivity contribution in [1.29, 1.82) is 0 Å². The largest absolute Gasteiger partial charge is 0.334 e. The Morgan fingerprint density at radius 1 is 0.964 bits per heavy atom. The summed E-state index contributed by atoms with van der Waals surface area (Å²) in [4.78, 5) is 15.1. The molecular formula is C23H32N4O. The van der Waals surface area contributed by atoms with Gasteiger partial charge in [0.1, 0.15) is 0 Å². The number of carbonyl (C=O) groups is 1. The SMILES string of the molecule is CC(C)(C)c1cc(C(=O)N2CC(n3cc(C4CC4)nn3)C2)cc(C(C)(C)C)c1. The minimum Gasteiger partial charge on any atom is -0.334 e. The maximum absolute atomic E-state index is 13.2. The average molecular weight is 381 g/mol. The molecule has 1 aliphatic carbocycles. The van der Waals surface area contributed by atoms with Crippen molar-refractivity contribution in [2.24, 2.45) is 0 Å². The van der Waals surface area contributed by atoms with Crippen molar-refractivity contribution in [2.75, 3.05) is 13.1 Å². The molecule has 1 aromatic heterocycles. The van der Waals surface area contributed by atoms with Gasteiger partial charge in [0.25, 0.3) is 5.91 Å². The van der Waals surface area contributed by atoms with Gasteiger partial charge in [-0.2, -0.15) is 0 Å². The van der Waals surface area contributed by atoms with Gasteiger partial charge in [-0.15, -0.1) is 5.10 Å². The molecule has 0 spiro atoms. The van der Waals surface area contributed by atoms with Crippen molar-refractivity contribution in [3.8, 4) is 0 Å². The number of nitrogens with zero attached hydrogens (tertiary/aromatic N) is 4. The quantitative estimate of drug-likeness (QED) is 0.790. The third-order valence-corrected chi connectivity index (χ3v) is 5.96. The Balaban J connectivity index is 1.51. The molecule has 0 N–H and O–H groups in total. The Kier molecular flexibility index (Phi) is 4.40. The summed E-state index contributed by atoms with van der Waals surface area (Å²) < 4.78 is 1.95. The number of aromatic nitrogens is 3. The van der Waals surface area contributed by atoms with Gasteiger partial charge in [-0.1, -0.05) is 52.8 Å². The van der Waals surface area contributed by atoms with E-state index >= 15 is 0 Å². The van der Waals surface area contributed by atoms with Crippen molar-refractivity contribution in [3.63, 3.8) is 0 Å². The highest BCUT2D eigenvalue weighted by Gasteiger charge is 2.35. The van der Waals surface area contributed by atoms with Gasteiger partial charge in [0, 0.05) is 30.8 Å². The summed E-state index contributed by atoms with van der Waals surface area (Å²) >= 11 is 0. The molecule has 2 aliphatic rings. The number of hydrogen-bond donors (Lipinski definition) is 0. The van der Waals surface area contributed by atoms with Crippen LogP contribution in [-0.2, 0) is 10.8 Å². The van der Waals surface area contributed by atoms with E-state index in [9.17, 15) is 4.79 Å². The Morgan fingerprint density at radius 3 is 2.04 bits per heavy atom. The summed E-state index contributed by atoms with van der Waals surface area (Å²) in [5, 5.41) is 8.58. The van der Waals surface area contributed by atoms with Crippen LogP contribution in [0, 0.1) is 0 Å². The van der Waals surface area contributed by atoms with Crippen LogP contribution in [-0.4, -0.2) is 38.9 Å². The second kappa shape index (κ2) is 6.43. The van der Waals surface area contributed by atoms with Gasteiger partial charge in [0.15, 0.2) is 0 Å². The van der Waals surface area contributed by atoms with Crippen molar-refractivity contribution in [3.05, 3.63) is 46.8 Å². The second-order valence-corrected chi connectivity index (χ2v) is 10.6. The lowest BCUT2D eigenvalue weighted by molar-refractivity contribution is 0.0498. The highest BCUT2D eigenvalue weighted by molar-refractivity contribution is 5.95. The van der Waals surface area contributed by atoms with E-state index in [0.717, 1.165) is 11.3 Å². The number of amides is 1. The van der Waals surface area contributed by atoms with E-state index in [-0.39, 0.29) is 22.8 Å². The van der Waals surface area contributed by atoms with Gasteiger partial charge < -0.3 is 4.90 Å². The van der Waals surface area contributed by atoms with Gasteiger partial charge in [-0.25, -0.2) is 4.68 Å². The molecule has 1 aliphatic heterocycles. The van der Waals surface area contributed by atoms with Crippen molar-refractivity contribution >= 4 is 5.91 Å². The van der Waals surface area contributed by atoms with Crippen molar-refractivity contribution < 1.29 is 4.79 Å². The monoisotopic (exact) mass is 380 g/mol. The van der Waals surface area contributed by atoms with E-state index in [4.69, 9.17) is 0 Å². The summed E-state index contributed by atoms with van der Waals surface area (Å²) in [5.74, 6) is 0.734. The molecule has 4 rings (SSSR count). The summed E-state index contributed by atoms with van der Waals surface area (Å²) in [7, 11) is 0. The molecular weight excluding hydrogens is 348 g/mol. The Labute approximate surface area is 168 Å². The predicted octanol–water partition coefficient (Wildman–Crippen LogP) is 4.45. The summed E-state index contributed by atoms with van der Waals surface area (Å²) in [6.45, 7) is 14.6. The average Bonchev–Trinajstić information content (AvgIpc) is 3.30. The van der Waals surface area contributed by atoms with Gasteiger partial charge in [0.2, 0.25) is 0 Å². The van der Waals surface area contributed by atoms with Crippen molar-refractivity contribution in [2.45, 2.75) is 77.2 Å². The van der Waals surface area contributed by atoms with Crippen LogP contribution in [0.25, 0.3) is 0 Å². The topological polar surface area (TPSA) is 51.0 Å². The maximum atomic E-state index is 13.2. The van der Waals surface area contributed by atoms with Crippen LogP contribution >= 0.6 is 0 Å². The summed E-state index contributed by atoms with van der Waals surface area (Å²) in [6, 6.07) is 6.65. The molecule has 1 saturated carbocycles. The number of carbonyl (C=O) groups excluding carboxylic acids is 1. The van der Waals surface area contributed by atoms with Crippen LogP contribution in [0.2, 0.25) is 0 Å².